The fourth-order valence-electron chi connectivity index (χ4n) is 0.934. The van der Waals surface area contributed by atoms with Crippen LogP contribution in [-0.2, 0) is 28.5 Å². The summed E-state index contributed by atoms with van der Waals surface area (Å²) in [5.74, 6) is -1.74. The molecule has 0 aromatic heterocycles. The van der Waals surface area contributed by atoms with Crippen LogP contribution in [0.15, 0.2) is 0 Å². The lowest BCUT2D eigenvalue weighted by atomic mass is 10.2. The molecule has 0 aromatic carbocycles. The minimum atomic E-state index is -1.39. The molecule has 1 aliphatic heterocycles. The van der Waals surface area contributed by atoms with Gasteiger partial charge in [0, 0.05) is 0 Å². The Morgan fingerprint density at radius 1 is 1.07 bits per heavy atom. The van der Waals surface area contributed by atoms with Gasteiger partial charge >= 0.3 is 18.1 Å². The van der Waals surface area contributed by atoms with E-state index in [0.717, 1.165) is 14.2 Å². The Bertz CT molecular complexity index is 245. The molecule has 0 N–H and O–H groups in total. The number of carbonyl (C=O) groups excluding carboxylic acids is 3. The van der Waals surface area contributed by atoms with Gasteiger partial charge in [-0.3, -0.25) is 0 Å². The summed E-state index contributed by atoms with van der Waals surface area (Å²) in [5, 5.41) is 0. The summed E-state index contributed by atoms with van der Waals surface area (Å²) in [4.78, 5) is 32.7. The molecule has 1 heterocycles. The molecule has 0 spiro atoms. The molecule has 7 heteroatoms. The zero-order valence-electron chi connectivity index (χ0n) is 7.51. The van der Waals surface area contributed by atoms with E-state index in [-0.39, 0.29) is 0 Å². The van der Waals surface area contributed by atoms with Crippen molar-refractivity contribution in [3.63, 3.8) is 0 Å². The number of carbonyl (C=O) groups is 3. The van der Waals surface area contributed by atoms with Crippen LogP contribution in [0.2, 0.25) is 0 Å². The van der Waals surface area contributed by atoms with E-state index in [2.05, 4.69) is 18.9 Å². The van der Waals surface area contributed by atoms with Gasteiger partial charge in [-0.1, -0.05) is 0 Å². The molecule has 1 fully saturated rings. The topological polar surface area (TPSA) is 88.1 Å². The van der Waals surface area contributed by atoms with Crippen molar-refractivity contribution in [2.45, 2.75) is 12.2 Å². The van der Waals surface area contributed by atoms with Crippen molar-refractivity contribution in [1.82, 2.24) is 0 Å². The second-order valence-electron chi connectivity index (χ2n) is 2.37. The van der Waals surface area contributed by atoms with Gasteiger partial charge in [-0.15, -0.1) is 0 Å². The maximum absolute atomic E-state index is 11.0. The molecule has 2 unspecified atom stereocenters. The van der Waals surface area contributed by atoms with E-state index >= 15 is 0 Å². The standard InChI is InChI=1S/C7H8O7/c1-11-5(8)3-4(6(9)12-2)14-7(10)13-3/h3-4H,1-2H3. The first-order valence-corrected chi connectivity index (χ1v) is 3.63. The molecule has 1 rings (SSSR count). The minimum absolute atomic E-state index is 0.869. The molecule has 0 bridgehead atoms. The monoisotopic (exact) mass is 204 g/mol. The van der Waals surface area contributed by atoms with Gasteiger partial charge in [-0.05, 0) is 0 Å². The van der Waals surface area contributed by atoms with Gasteiger partial charge in [0.25, 0.3) is 0 Å². The quantitative estimate of drug-likeness (QED) is 0.431. The van der Waals surface area contributed by atoms with Gasteiger partial charge in [0.15, 0.2) is 0 Å². The lowest BCUT2D eigenvalue weighted by Crippen LogP contribution is -2.38. The number of hydrogen-bond donors (Lipinski definition) is 0. The van der Waals surface area contributed by atoms with Crippen LogP contribution >= 0.6 is 0 Å². The summed E-state index contributed by atoms with van der Waals surface area (Å²) < 4.78 is 17.4. The third-order valence-electron chi connectivity index (χ3n) is 1.59. The molecule has 0 radical (unpaired) electrons. The lowest BCUT2D eigenvalue weighted by Gasteiger charge is -2.10. The van der Waals surface area contributed by atoms with Gasteiger partial charge in [-0.25, -0.2) is 14.4 Å². The number of esters is 2. The molecule has 14 heavy (non-hydrogen) atoms. The third-order valence-corrected chi connectivity index (χ3v) is 1.59. The van der Waals surface area contributed by atoms with E-state index in [4.69, 9.17) is 0 Å². The minimum Gasteiger partial charge on any atom is -0.466 e. The molecule has 0 aliphatic carbocycles. The summed E-state index contributed by atoms with van der Waals surface area (Å²) in [6.45, 7) is 0. The highest BCUT2D eigenvalue weighted by atomic mass is 16.8. The van der Waals surface area contributed by atoms with Crippen molar-refractivity contribution >= 4 is 18.1 Å². The Labute approximate surface area is 78.9 Å². The van der Waals surface area contributed by atoms with Crippen LogP contribution in [0.5, 0.6) is 0 Å². The van der Waals surface area contributed by atoms with Gasteiger partial charge in [-0.2, -0.15) is 0 Å². The lowest BCUT2D eigenvalue weighted by molar-refractivity contribution is -0.160. The molecule has 0 amide bonds. The fraction of sp³-hybridized carbons (Fsp3) is 0.571. The first-order chi connectivity index (χ1) is 6.60. The molecular formula is C7H8O7. The van der Waals surface area contributed by atoms with Crippen molar-refractivity contribution in [2.24, 2.45) is 0 Å². The number of rotatable bonds is 2. The molecule has 1 saturated heterocycles. The molecule has 2 atom stereocenters. The second kappa shape index (κ2) is 3.95. The summed E-state index contributed by atoms with van der Waals surface area (Å²) in [7, 11) is 2.20. The number of ether oxygens (including phenoxy) is 4. The molecule has 1 aliphatic rings. The van der Waals surface area contributed by atoms with E-state index in [1.54, 1.807) is 0 Å². The average molecular weight is 204 g/mol. The zero-order valence-corrected chi connectivity index (χ0v) is 7.51. The first-order valence-electron chi connectivity index (χ1n) is 3.63. The van der Waals surface area contributed by atoms with Crippen LogP contribution in [0, 0.1) is 0 Å². The van der Waals surface area contributed by atoms with Gasteiger partial charge < -0.3 is 18.9 Å². The van der Waals surface area contributed by atoms with Crippen LogP contribution in [0.4, 0.5) is 4.79 Å². The first kappa shape index (κ1) is 10.3. The number of cyclic esters (lactones) is 2. The van der Waals surface area contributed by atoms with Crippen molar-refractivity contribution in [3.8, 4) is 0 Å². The Balaban J connectivity index is 2.77. The Morgan fingerprint density at radius 2 is 1.43 bits per heavy atom. The highest BCUT2D eigenvalue weighted by molar-refractivity contribution is 5.90. The van der Waals surface area contributed by atoms with Crippen molar-refractivity contribution in [2.75, 3.05) is 14.2 Å². The highest BCUT2D eigenvalue weighted by Gasteiger charge is 2.48. The van der Waals surface area contributed by atoms with Crippen LogP contribution < -0.4 is 0 Å². The van der Waals surface area contributed by atoms with Gasteiger partial charge in [0.05, 0.1) is 14.2 Å². The smallest absolute Gasteiger partial charge is 0.466 e. The van der Waals surface area contributed by atoms with E-state index in [0.29, 0.717) is 0 Å². The van der Waals surface area contributed by atoms with E-state index in [1.807, 2.05) is 0 Å². The molecule has 7 nitrogen and oxygen atoms in total. The van der Waals surface area contributed by atoms with Gasteiger partial charge in [0.2, 0.25) is 12.2 Å². The van der Waals surface area contributed by atoms with E-state index < -0.39 is 30.3 Å². The summed E-state index contributed by atoms with van der Waals surface area (Å²) in [5.41, 5.74) is 0. The Kier molecular flexibility index (Phi) is 2.90. The zero-order chi connectivity index (χ0) is 10.7. The summed E-state index contributed by atoms with van der Waals surface area (Å²) in [6, 6.07) is 0. The summed E-state index contributed by atoms with van der Waals surface area (Å²) >= 11 is 0. The van der Waals surface area contributed by atoms with Crippen molar-refractivity contribution in [3.05, 3.63) is 0 Å². The molecule has 78 valence electrons. The number of methoxy groups -OCH3 is 2. The largest absolute Gasteiger partial charge is 0.510 e. The third kappa shape index (κ3) is 1.76. The van der Waals surface area contributed by atoms with Gasteiger partial charge in [0.1, 0.15) is 0 Å². The predicted molar refractivity (Wildman–Crippen MR) is 39.2 cm³/mol. The second-order valence-corrected chi connectivity index (χ2v) is 2.37. The van der Waals surface area contributed by atoms with Crippen LogP contribution in [0.25, 0.3) is 0 Å². The summed E-state index contributed by atoms with van der Waals surface area (Å²) in [6.07, 6.45) is -3.88. The fourth-order valence-corrected chi connectivity index (χ4v) is 0.934. The van der Waals surface area contributed by atoms with Crippen LogP contribution in [0.3, 0.4) is 0 Å². The maximum atomic E-state index is 11.0. The predicted octanol–water partition coefficient (Wildman–Crippen LogP) is -0.764. The van der Waals surface area contributed by atoms with Crippen molar-refractivity contribution in [1.29, 1.82) is 0 Å². The Hall–Kier alpha value is -1.79. The Morgan fingerprint density at radius 3 is 1.71 bits per heavy atom. The molecule has 0 aromatic rings. The van der Waals surface area contributed by atoms with Crippen LogP contribution in [0.1, 0.15) is 0 Å². The highest BCUT2D eigenvalue weighted by Crippen LogP contribution is 2.17. The average Bonchev–Trinajstić information content (AvgIpc) is 2.58. The maximum Gasteiger partial charge on any atom is 0.510 e. The molecular weight excluding hydrogens is 196 g/mol. The SMILES string of the molecule is COC(=O)C1OC(=O)OC1C(=O)OC. The van der Waals surface area contributed by atoms with E-state index in [9.17, 15) is 14.4 Å². The number of hydrogen-bond acceptors (Lipinski definition) is 7. The van der Waals surface area contributed by atoms with Crippen LogP contribution in [-0.4, -0.2) is 44.5 Å². The normalized spacial score (nSPS) is 24.9. The molecule has 0 saturated carbocycles. The van der Waals surface area contributed by atoms with E-state index in [1.165, 1.54) is 0 Å². The van der Waals surface area contributed by atoms with Crippen molar-refractivity contribution < 1.29 is 33.3 Å².